The Morgan fingerprint density at radius 2 is 2.04 bits per heavy atom. The summed E-state index contributed by atoms with van der Waals surface area (Å²) in [4.78, 5) is 16.9. The van der Waals surface area contributed by atoms with Crippen molar-refractivity contribution in [2.24, 2.45) is 0 Å². The quantitative estimate of drug-likeness (QED) is 0.786. The van der Waals surface area contributed by atoms with Crippen LogP contribution in [-0.4, -0.2) is 29.4 Å². The van der Waals surface area contributed by atoms with Crippen molar-refractivity contribution in [1.82, 2.24) is 15.5 Å². The maximum atomic E-state index is 12.6. The van der Waals surface area contributed by atoms with Crippen molar-refractivity contribution in [2.75, 3.05) is 13.3 Å². The van der Waals surface area contributed by atoms with Crippen LogP contribution in [0.5, 0.6) is 11.5 Å². The van der Waals surface area contributed by atoms with Gasteiger partial charge in [0, 0.05) is 12.2 Å². The number of hydrogen-bond donors (Lipinski definition) is 1. The lowest BCUT2D eigenvalue weighted by molar-refractivity contribution is 0.0955. The van der Waals surface area contributed by atoms with Gasteiger partial charge in [0.2, 0.25) is 6.79 Å². The lowest BCUT2D eigenvalue weighted by Gasteiger charge is -2.07. The standard InChI is InChI=1S/C18H17N3O4/c1-10-7-13(16-11(2)21-25-18(16)20-10)17(22)19-6-5-12-3-4-14-15(8-12)24-9-23-14/h3-4,7-8H,5-6,9H2,1-2H3,(H,19,22). The highest BCUT2D eigenvalue weighted by atomic mass is 16.7. The minimum Gasteiger partial charge on any atom is -0.454 e. The van der Waals surface area contributed by atoms with Crippen LogP contribution in [0, 0.1) is 13.8 Å². The van der Waals surface area contributed by atoms with Gasteiger partial charge in [0.15, 0.2) is 11.5 Å². The zero-order valence-corrected chi connectivity index (χ0v) is 14.0. The van der Waals surface area contributed by atoms with Gasteiger partial charge >= 0.3 is 0 Å². The number of pyridine rings is 1. The Kier molecular flexibility index (Phi) is 3.76. The molecule has 128 valence electrons. The summed E-state index contributed by atoms with van der Waals surface area (Å²) < 4.78 is 15.8. The van der Waals surface area contributed by atoms with Crippen LogP contribution in [0.4, 0.5) is 0 Å². The Labute approximate surface area is 143 Å². The number of carbonyl (C=O) groups excluding carboxylic acids is 1. The lowest BCUT2D eigenvalue weighted by atomic mass is 10.1. The fraction of sp³-hybridized carbons (Fsp3) is 0.278. The Hall–Kier alpha value is -3.09. The number of carbonyl (C=O) groups is 1. The number of rotatable bonds is 4. The first-order valence-electron chi connectivity index (χ1n) is 8.02. The smallest absolute Gasteiger partial charge is 0.258 e. The fourth-order valence-corrected chi connectivity index (χ4v) is 2.91. The average molecular weight is 339 g/mol. The van der Waals surface area contributed by atoms with E-state index in [1.54, 1.807) is 13.0 Å². The normalized spacial score (nSPS) is 12.6. The molecule has 0 aliphatic carbocycles. The molecule has 1 aliphatic rings. The van der Waals surface area contributed by atoms with Crippen molar-refractivity contribution >= 4 is 17.0 Å². The van der Waals surface area contributed by atoms with Crippen molar-refractivity contribution in [2.45, 2.75) is 20.3 Å². The molecular formula is C18H17N3O4. The number of aromatic nitrogens is 2. The Balaban J connectivity index is 1.47. The molecule has 1 aromatic carbocycles. The molecule has 3 heterocycles. The van der Waals surface area contributed by atoms with Gasteiger partial charge < -0.3 is 19.3 Å². The number of amides is 1. The first-order chi connectivity index (χ1) is 12.1. The third-order valence-electron chi connectivity index (χ3n) is 4.13. The van der Waals surface area contributed by atoms with Crippen LogP contribution in [0.1, 0.15) is 27.3 Å². The number of nitrogens with zero attached hydrogens (tertiary/aromatic N) is 2. The molecule has 0 unspecified atom stereocenters. The van der Waals surface area contributed by atoms with Crippen LogP contribution in [-0.2, 0) is 6.42 Å². The molecule has 2 aromatic heterocycles. The minimum absolute atomic E-state index is 0.164. The van der Waals surface area contributed by atoms with Crippen molar-refractivity contribution < 1.29 is 18.8 Å². The van der Waals surface area contributed by atoms with E-state index in [4.69, 9.17) is 14.0 Å². The van der Waals surface area contributed by atoms with Crippen LogP contribution in [0.2, 0.25) is 0 Å². The minimum atomic E-state index is -0.164. The number of hydrogen-bond acceptors (Lipinski definition) is 6. The summed E-state index contributed by atoms with van der Waals surface area (Å²) in [6.45, 7) is 4.38. The van der Waals surface area contributed by atoms with Gasteiger partial charge in [0.05, 0.1) is 16.6 Å². The summed E-state index contributed by atoms with van der Waals surface area (Å²) in [7, 11) is 0. The Bertz CT molecular complexity index is 964. The van der Waals surface area contributed by atoms with Gasteiger partial charge in [-0.1, -0.05) is 11.2 Å². The van der Waals surface area contributed by atoms with E-state index in [2.05, 4.69) is 15.5 Å². The largest absolute Gasteiger partial charge is 0.454 e. The molecule has 0 atom stereocenters. The zero-order valence-electron chi connectivity index (χ0n) is 14.0. The predicted octanol–water partition coefficient (Wildman–Crippen LogP) is 2.54. The van der Waals surface area contributed by atoms with Gasteiger partial charge in [-0.15, -0.1) is 0 Å². The highest BCUT2D eigenvalue weighted by Crippen LogP contribution is 2.32. The third-order valence-corrected chi connectivity index (χ3v) is 4.13. The average Bonchev–Trinajstić information content (AvgIpc) is 3.20. The third kappa shape index (κ3) is 2.88. The number of fused-ring (bicyclic) bond motifs is 2. The van der Waals surface area contributed by atoms with E-state index < -0.39 is 0 Å². The molecule has 0 spiro atoms. The molecule has 0 radical (unpaired) electrons. The fourth-order valence-electron chi connectivity index (χ4n) is 2.91. The van der Waals surface area contributed by atoms with Gasteiger partial charge in [-0.05, 0) is 44.0 Å². The van der Waals surface area contributed by atoms with Crippen LogP contribution in [0.15, 0.2) is 28.8 Å². The molecule has 0 fully saturated rings. The van der Waals surface area contributed by atoms with Crippen LogP contribution in [0.25, 0.3) is 11.1 Å². The van der Waals surface area contributed by atoms with E-state index in [0.717, 1.165) is 17.1 Å². The highest BCUT2D eigenvalue weighted by molar-refractivity contribution is 6.06. The van der Waals surface area contributed by atoms with E-state index in [0.29, 0.717) is 41.0 Å². The molecule has 3 aromatic rings. The van der Waals surface area contributed by atoms with Crippen LogP contribution >= 0.6 is 0 Å². The second-order valence-corrected chi connectivity index (χ2v) is 5.95. The summed E-state index contributed by atoms with van der Waals surface area (Å²) >= 11 is 0. The van der Waals surface area contributed by atoms with Crippen molar-refractivity contribution in [3.8, 4) is 11.5 Å². The van der Waals surface area contributed by atoms with Crippen molar-refractivity contribution in [1.29, 1.82) is 0 Å². The Morgan fingerprint density at radius 1 is 1.20 bits per heavy atom. The maximum absolute atomic E-state index is 12.6. The van der Waals surface area contributed by atoms with Crippen molar-refractivity contribution in [3.05, 3.63) is 46.8 Å². The molecule has 4 rings (SSSR count). The number of ether oxygens (including phenoxy) is 2. The van der Waals surface area contributed by atoms with E-state index in [-0.39, 0.29) is 12.7 Å². The first-order valence-corrected chi connectivity index (χ1v) is 8.02. The monoisotopic (exact) mass is 339 g/mol. The van der Waals surface area contributed by atoms with Crippen LogP contribution < -0.4 is 14.8 Å². The SMILES string of the molecule is Cc1cc(C(=O)NCCc2ccc3c(c2)OCO3)c2c(C)noc2n1. The zero-order chi connectivity index (χ0) is 17.4. The maximum Gasteiger partial charge on any atom is 0.258 e. The topological polar surface area (TPSA) is 86.5 Å². The number of benzene rings is 1. The lowest BCUT2D eigenvalue weighted by Crippen LogP contribution is -2.26. The summed E-state index contributed by atoms with van der Waals surface area (Å²) in [5.41, 5.74) is 3.36. The molecule has 1 aliphatic heterocycles. The van der Waals surface area contributed by atoms with E-state index in [1.807, 2.05) is 25.1 Å². The number of aryl methyl sites for hydroxylation is 2. The van der Waals surface area contributed by atoms with E-state index in [9.17, 15) is 4.79 Å². The van der Waals surface area contributed by atoms with Crippen LogP contribution in [0.3, 0.4) is 0 Å². The van der Waals surface area contributed by atoms with Gasteiger partial charge in [0.1, 0.15) is 0 Å². The molecule has 25 heavy (non-hydrogen) atoms. The molecule has 7 heteroatoms. The van der Waals surface area contributed by atoms with Gasteiger partial charge in [-0.25, -0.2) is 4.98 Å². The highest BCUT2D eigenvalue weighted by Gasteiger charge is 2.18. The number of nitrogens with one attached hydrogen (secondary N) is 1. The second kappa shape index (κ2) is 6.08. The van der Waals surface area contributed by atoms with Gasteiger partial charge in [-0.3, -0.25) is 4.79 Å². The molecule has 7 nitrogen and oxygen atoms in total. The predicted molar refractivity (Wildman–Crippen MR) is 89.9 cm³/mol. The van der Waals surface area contributed by atoms with E-state index >= 15 is 0 Å². The summed E-state index contributed by atoms with van der Waals surface area (Å²) in [5.74, 6) is 1.34. The first kappa shape index (κ1) is 15.4. The molecule has 0 bridgehead atoms. The molecule has 1 amide bonds. The van der Waals surface area contributed by atoms with Gasteiger partial charge in [0.25, 0.3) is 11.6 Å². The van der Waals surface area contributed by atoms with Crippen molar-refractivity contribution in [3.63, 3.8) is 0 Å². The summed E-state index contributed by atoms with van der Waals surface area (Å²) in [6, 6.07) is 7.55. The molecular weight excluding hydrogens is 322 g/mol. The molecule has 1 N–H and O–H groups in total. The van der Waals surface area contributed by atoms with E-state index in [1.165, 1.54) is 0 Å². The van der Waals surface area contributed by atoms with Gasteiger partial charge in [-0.2, -0.15) is 0 Å². The summed E-state index contributed by atoms with van der Waals surface area (Å²) in [5, 5.41) is 7.50. The second-order valence-electron chi connectivity index (χ2n) is 5.95. The Morgan fingerprint density at radius 3 is 2.92 bits per heavy atom. The molecule has 0 saturated carbocycles. The molecule has 0 saturated heterocycles. The summed E-state index contributed by atoms with van der Waals surface area (Å²) in [6.07, 6.45) is 0.693.